The molecule has 0 saturated carbocycles. The number of carboxylic acid groups (broad SMARTS) is 1. The van der Waals surface area contributed by atoms with Crippen LogP contribution in [-0.4, -0.2) is 48.4 Å². The second kappa shape index (κ2) is 7.00. The molecule has 2 aliphatic heterocycles. The van der Waals surface area contributed by atoms with Gasteiger partial charge in [0.05, 0.1) is 5.92 Å². The van der Waals surface area contributed by atoms with Crippen LogP contribution in [0.15, 0.2) is 30.3 Å². The Kier molecular flexibility index (Phi) is 4.81. The number of nitrogens with zero attached hydrogens (tertiary/aromatic N) is 1. The molecule has 6 heteroatoms. The quantitative estimate of drug-likeness (QED) is 0.918. The molecule has 1 N–H and O–H groups in total. The van der Waals surface area contributed by atoms with Gasteiger partial charge in [0.15, 0.2) is 0 Å². The molecule has 1 aromatic rings. The van der Waals surface area contributed by atoms with E-state index in [0.717, 1.165) is 12.0 Å². The third-order valence-electron chi connectivity index (χ3n) is 4.72. The predicted octanol–water partition coefficient (Wildman–Crippen LogP) is 1.99. The third kappa shape index (κ3) is 3.64. The lowest BCUT2D eigenvalue weighted by atomic mass is 9.83. The number of hydrogen-bond acceptors (Lipinski definition) is 4. The van der Waals surface area contributed by atoms with Gasteiger partial charge in [-0.2, -0.15) is 0 Å². The van der Waals surface area contributed by atoms with Crippen LogP contribution in [-0.2, 0) is 20.9 Å². The summed E-state index contributed by atoms with van der Waals surface area (Å²) < 4.78 is 10.7. The summed E-state index contributed by atoms with van der Waals surface area (Å²) in [4.78, 5) is 25.2. The van der Waals surface area contributed by atoms with E-state index in [9.17, 15) is 14.7 Å². The Morgan fingerprint density at radius 2 is 2.04 bits per heavy atom. The number of amides is 1. The van der Waals surface area contributed by atoms with Gasteiger partial charge in [-0.1, -0.05) is 30.3 Å². The molecule has 3 rings (SSSR count). The third-order valence-corrected chi connectivity index (χ3v) is 4.72. The molecule has 2 heterocycles. The molecule has 0 spiro atoms. The SMILES string of the molecule is O=C(O)C1CN(C(=O)OCc2ccccc2)CC1C1CCOC1. The lowest BCUT2D eigenvalue weighted by molar-refractivity contribution is -0.143. The van der Waals surface area contributed by atoms with Gasteiger partial charge >= 0.3 is 12.1 Å². The molecule has 0 bridgehead atoms. The molecule has 1 amide bonds. The first-order valence-corrected chi connectivity index (χ1v) is 7.91. The number of likely N-dealkylation sites (tertiary alicyclic amines) is 1. The van der Waals surface area contributed by atoms with Crippen molar-refractivity contribution in [3.05, 3.63) is 35.9 Å². The Hall–Kier alpha value is -2.08. The second-order valence-corrected chi connectivity index (χ2v) is 6.18. The summed E-state index contributed by atoms with van der Waals surface area (Å²) in [6.45, 7) is 2.10. The van der Waals surface area contributed by atoms with Crippen LogP contribution in [0.4, 0.5) is 4.79 Å². The van der Waals surface area contributed by atoms with Crippen molar-refractivity contribution in [3.63, 3.8) is 0 Å². The summed E-state index contributed by atoms with van der Waals surface area (Å²) in [6.07, 6.45) is 0.419. The van der Waals surface area contributed by atoms with Crippen LogP contribution < -0.4 is 0 Å². The zero-order chi connectivity index (χ0) is 16.2. The maximum absolute atomic E-state index is 12.2. The fourth-order valence-electron chi connectivity index (χ4n) is 3.42. The molecular weight excluding hydrogens is 298 g/mol. The highest BCUT2D eigenvalue weighted by atomic mass is 16.6. The first kappa shape index (κ1) is 15.8. The van der Waals surface area contributed by atoms with Gasteiger partial charge < -0.3 is 19.5 Å². The molecule has 0 radical (unpaired) electrons. The number of carboxylic acids is 1. The normalized spacial score (nSPS) is 27.1. The first-order chi connectivity index (χ1) is 11.1. The topological polar surface area (TPSA) is 76.1 Å². The molecule has 6 nitrogen and oxygen atoms in total. The van der Waals surface area contributed by atoms with E-state index in [1.807, 2.05) is 30.3 Å². The summed E-state index contributed by atoms with van der Waals surface area (Å²) in [5.41, 5.74) is 0.913. The van der Waals surface area contributed by atoms with Gasteiger partial charge in [0.25, 0.3) is 0 Å². The first-order valence-electron chi connectivity index (χ1n) is 7.91. The highest BCUT2D eigenvalue weighted by Crippen LogP contribution is 2.34. The molecule has 23 heavy (non-hydrogen) atoms. The van der Waals surface area contributed by atoms with Gasteiger partial charge in [0, 0.05) is 26.3 Å². The number of carbonyl (C=O) groups excluding carboxylic acids is 1. The van der Waals surface area contributed by atoms with Crippen LogP contribution >= 0.6 is 0 Å². The fraction of sp³-hybridized carbons (Fsp3) is 0.529. The van der Waals surface area contributed by atoms with Crippen molar-refractivity contribution in [1.82, 2.24) is 4.90 Å². The summed E-state index contributed by atoms with van der Waals surface area (Å²) in [5, 5.41) is 9.43. The summed E-state index contributed by atoms with van der Waals surface area (Å²) in [7, 11) is 0. The van der Waals surface area contributed by atoms with Crippen molar-refractivity contribution >= 4 is 12.1 Å². The Labute approximate surface area is 135 Å². The Bertz CT molecular complexity index is 555. The standard InChI is InChI=1S/C17H21NO5/c19-16(20)15-9-18(8-14(15)13-6-7-22-11-13)17(21)23-10-12-4-2-1-3-5-12/h1-5,13-15H,6-11H2,(H,19,20). The van der Waals surface area contributed by atoms with Gasteiger partial charge in [-0.05, 0) is 23.8 Å². The molecule has 3 unspecified atom stereocenters. The minimum Gasteiger partial charge on any atom is -0.481 e. The lowest BCUT2D eigenvalue weighted by Crippen LogP contribution is -2.30. The average Bonchev–Trinajstić information content (AvgIpc) is 3.22. The van der Waals surface area contributed by atoms with Crippen LogP contribution in [0.25, 0.3) is 0 Å². The molecule has 0 aromatic heterocycles. The van der Waals surface area contributed by atoms with E-state index in [4.69, 9.17) is 9.47 Å². The Balaban J connectivity index is 1.59. The molecular formula is C17H21NO5. The molecule has 2 aliphatic rings. The maximum atomic E-state index is 12.2. The monoisotopic (exact) mass is 319 g/mol. The number of hydrogen-bond donors (Lipinski definition) is 1. The van der Waals surface area contributed by atoms with E-state index in [0.29, 0.717) is 19.8 Å². The van der Waals surface area contributed by atoms with E-state index < -0.39 is 18.0 Å². The molecule has 1 aromatic carbocycles. The molecule has 124 valence electrons. The Morgan fingerprint density at radius 1 is 1.26 bits per heavy atom. The highest BCUT2D eigenvalue weighted by molar-refractivity contribution is 5.74. The summed E-state index contributed by atoms with van der Waals surface area (Å²) >= 11 is 0. The largest absolute Gasteiger partial charge is 0.481 e. The summed E-state index contributed by atoms with van der Waals surface area (Å²) in [5.74, 6) is -1.23. The van der Waals surface area contributed by atoms with Crippen LogP contribution in [0, 0.1) is 17.8 Å². The number of benzene rings is 1. The van der Waals surface area contributed by atoms with E-state index in [2.05, 4.69) is 0 Å². The zero-order valence-electron chi connectivity index (χ0n) is 12.9. The highest BCUT2D eigenvalue weighted by Gasteiger charge is 2.44. The minimum absolute atomic E-state index is 0.0562. The number of aliphatic carboxylic acids is 1. The van der Waals surface area contributed by atoms with Crippen molar-refractivity contribution in [1.29, 1.82) is 0 Å². The molecule has 2 saturated heterocycles. The fourth-order valence-corrected chi connectivity index (χ4v) is 3.42. The maximum Gasteiger partial charge on any atom is 0.410 e. The summed E-state index contributed by atoms with van der Waals surface area (Å²) in [6, 6.07) is 9.44. The number of rotatable bonds is 4. The van der Waals surface area contributed by atoms with Crippen LogP contribution in [0.5, 0.6) is 0 Å². The van der Waals surface area contributed by atoms with Crippen molar-refractivity contribution in [2.24, 2.45) is 17.8 Å². The average molecular weight is 319 g/mol. The molecule has 3 atom stereocenters. The van der Waals surface area contributed by atoms with Gasteiger partial charge in [0.1, 0.15) is 6.61 Å². The van der Waals surface area contributed by atoms with Gasteiger partial charge in [-0.3, -0.25) is 4.79 Å². The van der Waals surface area contributed by atoms with E-state index >= 15 is 0 Å². The minimum atomic E-state index is -0.847. The van der Waals surface area contributed by atoms with E-state index in [-0.39, 0.29) is 25.0 Å². The van der Waals surface area contributed by atoms with Crippen LogP contribution in [0.1, 0.15) is 12.0 Å². The lowest BCUT2D eigenvalue weighted by Gasteiger charge is -2.20. The van der Waals surface area contributed by atoms with Crippen LogP contribution in [0.3, 0.4) is 0 Å². The molecule has 2 fully saturated rings. The smallest absolute Gasteiger partial charge is 0.410 e. The van der Waals surface area contributed by atoms with Crippen LogP contribution in [0.2, 0.25) is 0 Å². The molecule has 0 aliphatic carbocycles. The second-order valence-electron chi connectivity index (χ2n) is 6.18. The van der Waals surface area contributed by atoms with Crippen molar-refractivity contribution < 1.29 is 24.2 Å². The Morgan fingerprint density at radius 3 is 2.70 bits per heavy atom. The number of ether oxygens (including phenoxy) is 2. The van der Waals surface area contributed by atoms with Crippen molar-refractivity contribution in [2.45, 2.75) is 13.0 Å². The van der Waals surface area contributed by atoms with E-state index in [1.54, 1.807) is 0 Å². The van der Waals surface area contributed by atoms with Gasteiger partial charge in [0.2, 0.25) is 0 Å². The van der Waals surface area contributed by atoms with Crippen molar-refractivity contribution in [3.8, 4) is 0 Å². The number of carbonyl (C=O) groups is 2. The van der Waals surface area contributed by atoms with Crippen molar-refractivity contribution in [2.75, 3.05) is 26.3 Å². The predicted molar refractivity (Wildman–Crippen MR) is 81.7 cm³/mol. The van der Waals surface area contributed by atoms with Gasteiger partial charge in [-0.15, -0.1) is 0 Å². The van der Waals surface area contributed by atoms with Gasteiger partial charge in [-0.25, -0.2) is 4.79 Å². The zero-order valence-corrected chi connectivity index (χ0v) is 12.9. The van der Waals surface area contributed by atoms with E-state index in [1.165, 1.54) is 4.90 Å².